The third kappa shape index (κ3) is 3.06. The Morgan fingerprint density at radius 3 is 2.70 bits per heavy atom. The number of halogens is 2. The summed E-state index contributed by atoms with van der Waals surface area (Å²) >= 11 is 13.7. The predicted molar refractivity (Wildman–Crippen MR) is 108 cm³/mol. The molecule has 1 aliphatic heterocycles. The fourth-order valence-electron chi connectivity index (χ4n) is 3.16. The van der Waals surface area contributed by atoms with Crippen LogP contribution in [0.5, 0.6) is 0 Å². The van der Waals surface area contributed by atoms with Gasteiger partial charge < -0.3 is 10.6 Å². The van der Waals surface area contributed by atoms with Crippen LogP contribution in [0.25, 0.3) is 5.69 Å². The van der Waals surface area contributed by atoms with Gasteiger partial charge in [0.25, 0.3) is 5.56 Å². The van der Waals surface area contributed by atoms with E-state index in [0.29, 0.717) is 46.5 Å². The van der Waals surface area contributed by atoms with Crippen LogP contribution in [-0.4, -0.2) is 16.3 Å². The molecular formula is C18H13Cl2N5OS. The number of thiophene rings is 1. The molecule has 0 saturated heterocycles. The van der Waals surface area contributed by atoms with Crippen molar-refractivity contribution in [1.29, 1.82) is 5.26 Å². The number of fused-ring (bicyclic) bond motifs is 1. The molecule has 2 N–H and O–H groups in total. The van der Waals surface area contributed by atoms with Gasteiger partial charge in [0.2, 0.25) is 0 Å². The molecule has 136 valence electrons. The van der Waals surface area contributed by atoms with E-state index in [1.807, 2.05) is 4.90 Å². The number of nitrogens with zero attached hydrogens (tertiary/aromatic N) is 4. The van der Waals surface area contributed by atoms with Gasteiger partial charge in [0.15, 0.2) is 0 Å². The lowest BCUT2D eigenvalue weighted by atomic mass is 10.0. The van der Waals surface area contributed by atoms with Crippen LogP contribution in [-0.2, 0) is 13.0 Å². The Morgan fingerprint density at radius 1 is 1.26 bits per heavy atom. The Bertz CT molecular complexity index is 1130. The Hall–Kier alpha value is -2.53. The fraction of sp³-hybridized carbons (Fsp3) is 0.167. The van der Waals surface area contributed by atoms with Gasteiger partial charge in [0.05, 0.1) is 29.7 Å². The van der Waals surface area contributed by atoms with Gasteiger partial charge in [-0.05, 0) is 36.2 Å². The zero-order valence-corrected chi connectivity index (χ0v) is 16.3. The predicted octanol–water partition coefficient (Wildman–Crippen LogP) is 3.62. The summed E-state index contributed by atoms with van der Waals surface area (Å²) in [6, 6.07) is 8.96. The summed E-state index contributed by atoms with van der Waals surface area (Å²) in [7, 11) is 0. The van der Waals surface area contributed by atoms with Gasteiger partial charge >= 0.3 is 0 Å². The van der Waals surface area contributed by atoms with E-state index in [0.717, 1.165) is 10.4 Å². The van der Waals surface area contributed by atoms with Crippen molar-refractivity contribution in [2.45, 2.75) is 13.0 Å². The molecule has 0 unspecified atom stereocenters. The van der Waals surface area contributed by atoms with Gasteiger partial charge in [-0.2, -0.15) is 15.0 Å². The van der Waals surface area contributed by atoms with Crippen LogP contribution in [0.15, 0.2) is 35.3 Å². The number of aromatic nitrogens is 2. The number of nitrogens with two attached hydrogens (primary N) is 1. The molecule has 27 heavy (non-hydrogen) atoms. The maximum atomic E-state index is 12.7. The first-order valence-corrected chi connectivity index (χ1v) is 9.65. The van der Waals surface area contributed by atoms with Crippen molar-refractivity contribution in [2.24, 2.45) is 0 Å². The highest BCUT2D eigenvalue weighted by Gasteiger charge is 2.26. The number of nitriles is 1. The molecule has 1 aliphatic rings. The standard InChI is InChI=1S/C18H13Cl2N5OS/c19-10-1-3-11(4-2-10)25-18(26)16(20)14(8-23-25)24-6-5-12-13(7-21)17(22)27-15(12)9-24/h1-4,8H,5-6,9,22H2. The normalized spacial score (nSPS) is 13.3. The van der Waals surface area contributed by atoms with Gasteiger partial charge in [0, 0.05) is 16.4 Å². The molecule has 4 rings (SSSR count). The maximum absolute atomic E-state index is 12.7. The summed E-state index contributed by atoms with van der Waals surface area (Å²) in [6.45, 7) is 1.17. The lowest BCUT2D eigenvalue weighted by Gasteiger charge is -2.29. The van der Waals surface area contributed by atoms with Crippen molar-refractivity contribution in [2.75, 3.05) is 17.2 Å². The highest BCUT2D eigenvalue weighted by Crippen LogP contribution is 2.36. The minimum Gasteiger partial charge on any atom is -0.389 e. The third-order valence-corrected chi connectivity index (χ3v) is 6.16. The van der Waals surface area contributed by atoms with E-state index in [1.54, 1.807) is 30.5 Å². The molecule has 0 spiro atoms. The van der Waals surface area contributed by atoms with E-state index in [9.17, 15) is 10.1 Å². The second-order valence-electron chi connectivity index (χ2n) is 6.06. The third-order valence-electron chi connectivity index (χ3n) is 4.51. The first-order valence-electron chi connectivity index (χ1n) is 8.08. The number of nitrogen functional groups attached to an aromatic ring is 1. The molecule has 0 saturated carbocycles. The van der Waals surface area contributed by atoms with Gasteiger partial charge in [0.1, 0.15) is 16.1 Å². The van der Waals surface area contributed by atoms with Gasteiger partial charge in [-0.1, -0.05) is 23.2 Å². The van der Waals surface area contributed by atoms with Gasteiger partial charge in [-0.3, -0.25) is 4.79 Å². The highest BCUT2D eigenvalue weighted by molar-refractivity contribution is 7.16. The molecule has 3 heterocycles. The average Bonchev–Trinajstić information content (AvgIpc) is 2.99. The van der Waals surface area contributed by atoms with E-state index in [1.165, 1.54) is 16.0 Å². The first kappa shape index (κ1) is 17.9. The Labute approximate surface area is 169 Å². The lowest BCUT2D eigenvalue weighted by molar-refractivity contribution is 0.727. The smallest absolute Gasteiger partial charge is 0.292 e. The fourth-order valence-corrected chi connectivity index (χ4v) is 4.62. The molecule has 0 atom stereocenters. The number of hydrogen-bond donors (Lipinski definition) is 1. The van der Waals surface area contributed by atoms with E-state index in [2.05, 4.69) is 11.2 Å². The van der Waals surface area contributed by atoms with Crippen LogP contribution in [0.2, 0.25) is 10.0 Å². The van der Waals surface area contributed by atoms with Crippen LogP contribution < -0.4 is 16.2 Å². The van der Waals surface area contributed by atoms with Crippen molar-refractivity contribution < 1.29 is 0 Å². The molecule has 0 aliphatic carbocycles. The quantitative estimate of drug-likeness (QED) is 0.687. The van der Waals surface area contributed by atoms with Crippen molar-refractivity contribution in [3.63, 3.8) is 0 Å². The topological polar surface area (TPSA) is 87.9 Å². The van der Waals surface area contributed by atoms with Gasteiger partial charge in [-0.15, -0.1) is 11.3 Å². The van der Waals surface area contributed by atoms with Crippen LogP contribution in [0.1, 0.15) is 16.0 Å². The molecule has 0 bridgehead atoms. The van der Waals surface area contributed by atoms with E-state index in [4.69, 9.17) is 28.9 Å². The molecular weight excluding hydrogens is 405 g/mol. The molecule has 0 radical (unpaired) electrons. The molecule has 6 nitrogen and oxygen atoms in total. The molecule has 3 aromatic rings. The summed E-state index contributed by atoms with van der Waals surface area (Å²) in [6.07, 6.45) is 2.26. The van der Waals surface area contributed by atoms with E-state index < -0.39 is 5.56 Å². The molecule has 0 amide bonds. The van der Waals surface area contributed by atoms with Crippen LogP contribution in [0.4, 0.5) is 10.7 Å². The SMILES string of the molecule is N#Cc1c(N)sc2c1CCN(c1cnn(-c3ccc(Cl)cc3)c(=O)c1Cl)C2. The van der Waals surface area contributed by atoms with Crippen LogP contribution in [0.3, 0.4) is 0 Å². The minimum absolute atomic E-state index is 0.105. The Morgan fingerprint density at radius 2 is 2.00 bits per heavy atom. The first-order chi connectivity index (χ1) is 13.0. The largest absolute Gasteiger partial charge is 0.389 e. The van der Waals surface area contributed by atoms with Crippen molar-refractivity contribution in [3.05, 3.63) is 66.9 Å². The van der Waals surface area contributed by atoms with Crippen molar-refractivity contribution in [3.8, 4) is 11.8 Å². The summed E-state index contributed by atoms with van der Waals surface area (Å²) in [4.78, 5) is 15.7. The molecule has 9 heteroatoms. The van der Waals surface area contributed by atoms with Gasteiger partial charge in [-0.25, -0.2) is 0 Å². The van der Waals surface area contributed by atoms with Crippen LogP contribution >= 0.6 is 34.5 Å². The monoisotopic (exact) mass is 417 g/mol. The number of anilines is 2. The van der Waals surface area contributed by atoms with E-state index >= 15 is 0 Å². The molecule has 1 aromatic carbocycles. The summed E-state index contributed by atoms with van der Waals surface area (Å²) in [5.41, 5.74) is 8.26. The zero-order valence-electron chi connectivity index (χ0n) is 13.9. The second kappa shape index (κ2) is 6.89. The Kier molecular flexibility index (Phi) is 4.56. The summed E-state index contributed by atoms with van der Waals surface area (Å²) in [5.74, 6) is 0. The lowest BCUT2D eigenvalue weighted by Crippen LogP contribution is -2.32. The average molecular weight is 418 g/mol. The Balaban J connectivity index is 1.69. The van der Waals surface area contributed by atoms with E-state index in [-0.39, 0.29) is 5.02 Å². The minimum atomic E-state index is -0.398. The van der Waals surface area contributed by atoms with Crippen LogP contribution in [0, 0.1) is 11.3 Å². The molecule has 0 fully saturated rings. The van der Waals surface area contributed by atoms with Crippen molar-refractivity contribution >= 4 is 45.2 Å². The maximum Gasteiger partial charge on any atom is 0.292 e. The summed E-state index contributed by atoms with van der Waals surface area (Å²) < 4.78 is 1.24. The number of benzene rings is 1. The number of rotatable bonds is 2. The summed E-state index contributed by atoms with van der Waals surface area (Å²) in [5, 5.41) is 14.7. The zero-order chi connectivity index (χ0) is 19.1. The molecule has 2 aromatic heterocycles. The van der Waals surface area contributed by atoms with Crippen molar-refractivity contribution in [1.82, 2.24) is 9.78 Å². The second-order valence-corrected chi connectivity index (χ2v) is 8.01. The highest BCUT2D eigenvalue weighted by atomic mass is 35.5. The number of hydrogen-bond acceptors (Lipinski definition) is 6.